The van der Waals surface area contributed by atoms with Crippen molar-refractivity contribution in [2.24, 2.45) is 0 Å². The standard InChI is InChI=1S/C21H23N3O2S2/c1-13-4-5-16(14(2)10-13)6-9-20(26)24-21-23-18(12-27-21)19-8-7-17(28-19)11-22-15(3)25/h4-5,7-8,10,12H,6,9,11H2,1-3H3,(H,22,25)(H,23,24,26). The Morgan fingerprint density at radius 2 is 1.96 bits per heavy atom. The van der Waals surface area contributed by atoms with Crippen molar-refractivity contribution in [3.05, 3.63) is 57.3 Å². The fourth-order valence-corrected chi connectivity index (χ4v) is 4.53. The highest BCUT2D eigenvalue weighted by atomic mass is 32.1. The van der Waals surface area contributed by atoms with Crippen LogP contribution in [0.4, 0.5) is 5.13 Å². The average molecular weight is 414 g/mol. The maximum Gasteiger partial charge on any atom is 0.226 e. The third-order valence-corrected chi connectivity index (χ3v) is 6.16. The van der Waals surface area contributed by atoms with E-state index in [1.165, 1.54) is 35.0 Å². The third-order valence-electron chi connectivity index (χ3n) is 4.30. The summed E-state index contributed by atoms with van der Waals surface area (Å²) in [6.45, 7) is 6.17. The Labute approximate surface area is 172 Å². The van der Waals surface area contributed by atoms with Crippen LogP contribution in [0.25, 0.3) is 10.6 Å². The fraction of sp³-hybridized carbons (Fsp3) is 0.286. The molecule has 2 amide bonds. The molecular weight excluding hydrogens is 390 g/mol. The van der Waals surface area contributed by atoms with Gasteiger partial charge in [-0.2, -0.15) is 0 Å². The van der Waals surface area contributed by atoms with Gasteiger partial charge < -0.3 is 10.6 Å². The van der Waals surface area contributed by atoms with Gasteiger partial charge in [0.2, 0.25) is 11.8 Å². The van der Waals surface area contributed by atoms with Gasteiger partial charge in [-0.05, 0) is 43.5 Å². The molecular formula is C21H23N3O2S2. The predicted molar refractivity (Wildman–Crippen MR) is 116 cm³/mol. The fourth-order valence-electron chi connectivity index (χ4n) is 2.82. The topological polar surface area (TPSA) is 71.1 Å². The largest absolute Gasteiger partial charge is 0.351 e. The van der Waals surface area contributed by atoms with Crippen LogP contribution >= 0.6 is 22.7 Å². The van der Waals surface area contributed by atoms with Crippen molar-refractivity contribution in [3.63, 3.8) is 0 Å². The summed E-state index contributed by atoms with van der Waals surface area (Å²) in [6, 6.07) is 10.3. The second-order valence-corrected chi connectivity index (χ2v) is 8.72. The molecule has 146 valence electrons. The van der Waals surface area contributed by atoms with Crippen molar-refractivity contribution in [2.75, 3.05) is 5.32 Å². The molecule has 1 aromatic carbocycles. The Morgan fingerprint density at radius 3 is 2.71 bits per heavy atom. The lowest BCUT2D eigenvalue weighted by Crippen LogP contribution is -2.17. The molecule has 0 aliphatic rings. The summed E-state index contributed by atoms with van der Waals surface area (Å²) in [5, 5.41) is 8.23. The lowest BCUT2D eigenvalue weighted by atomic mass is 10.0. The highest BCUT2D eigenvalue weighted by Gasteiger charge is 2.11. The van der Waals surface area contributed by atoms with Crippen LogP contribution in [-0.2, 0) is 22.6 Å². The van der Waals surface area contributed by atoms with Crippen molar-refractivity contribution >= 4 is 39.6 Å². The molecule has 0 spiro atoms. The molecule has 0 fully saturated rings. The molecule has 0 saturated carbocycles. The van der Waals surface area contributed by atoms with Crippen molar-refractivity contribution in [1.82, 2.24) is 10.3 Å². The van der Waals surface area contributed by atoms with Gasteiger partial charge in [-0.3, -0.25) is 9.59 Å². The molecule has 0 aliphatic carbocycles. The smallest absolute Gasteiger partial charge is 0.226 e. The third kappa shape index (κ3) is 5.50. The van der Waals surface area contributed by atoms with Crippen LogP contribution in [0.1, 0.15) is 34.9 Å². The molecule has 0 bridgehead atoms. The van der Waals surface area contributed by atoms with E-state index in [1.54, 1.807) is 11.3 Å². The van der Waals surface area contributed by atoms with Gasteiger partial charge in [-0.25, -0.2) is 4.98 Å². The van der Waals surface area contributed by atoms with Gasteiger partial charge in [0.25, 0.3) is 0 Å². The Balaban J connectivity index is 1.55. The van der Waals surface area contributed by atoms with Crippen LogP contribution in [0.3, 0.4) is 0 Å². The summed E-state index contributed by atoms with van der Waals surface area (Å²) >= 11 is 3.01. The van der Waals surface area contributed by atoms with E-state index in [4.69, 9.17) is 0 Å². The van der Waals surface area contributed by atoms with Gasteiger partial charge in [-0.1, -0.05) is 23.8 Å². The van der Waals surface area contributed by atoms with Gasteiger partial charge in [0, 0.05) is 23.6 Å². The first-order valence-electron chi connectivity index (χ1n) is 9.06. The minimum Gasteiger partial charge on any atom is -0.351 e. The van der Waals surface area contributed by atoms with E-state index in [-0.39, 0.29) is 11.8 Å². The van der Waals surface area contributed by atoms with Gasteiger partial charge in [-0.15, -0.1) is 22.7 Å². The number of benzene rings is 1. The minimum atomic E-state index is -0.0468. The summed E-state index contributed by atoms with van der Waals surface area (Å²) in [7, 11) is 0. The van der Waals surface area contributed by atoms with Crippen molar-refractivity contribution in [3.8, 4) is 10.6 Å². The number of rotatable bonds is 7. The molecule has 7 heteroatoms. The Kier molecular flexibility index (Phi) is 6.59. The van der Waals surface area contributed by atoms with E-state index in [0.717, 1.165) is 15.4 Å². The highest BCUT2D eigenvalue weighted by molar-refractivity contribution is 7.17. The quantitative estimate of drug-likeness (QED) is 0.590. The van der Waals surface area contributed by atoms with Crippen LogP contribution < -0.4 is 10.6 Å². The van der Waals surface area contributed by atoms with Crippen LogP contribution in [0.5, 0.6) is 0 Å². The molecule has 0 unspecified atom stereocenters. The molecule has 28 heavy (non-hydrogen) atoms. The van der Waals surface area contributed by atoms with Crippen LogP contribution in [-0.4, -0.2) is 16.8 Å². The van der Waals surface area contributed by atoms with Crippen LogP contribution in [0.15, 0.2) is 35.7 Å². The lowest BCUT2D eigenvalue weighted by Gasteiger charge is -2.06. The zero-order valence-electron chi connectivity index (χ0n) is 16.2. The van der Waals surface area contributed by atoms with Crippen LogP contribution in [0.2, 0.25) is 0 Å². The Morgan fingerprint density at radius 1 is 1.14 bits per heavy atom. The van der Waals surface area contributed by atoms with Crippen LogP contribution in [0, 0.1) is 13.8 Å². The molecule has 3 aromatic rings. The number of thiophene rings is 1. The predicted octanol–water partition coefficient (Wildman–Crippen LogP) is 4.70. The monoisotopic (exact) mass is 413 g/mol. The van der Waals surface area contributed by atoms with E-state index in [2.05, 4.69) is 47.7 Å². The molecule has 3 rings (SSSR count). The Hall–Kier alpha value is -2.51. The second kappa shape index (κ2) is 9.12. The van der Waals surface area contributed by atoms with E-state index in [1.807, 2.05) is 17.5 Å². The van der Waals surface area contributed by atoms with Gasteiger partial charge in [0.15, 0.2) is 5.13 Å². The average Bonchev–Trinajstić information content (AvgIpc) is 3.28. The lowest BCUT2D eigenvalue weighted by molar-refractivity contribution is -0.119. The number of anilines is 1. The number of amides is 2. The minimum absolute atomic E-state index is 0.0293. The zero-order valence-corrected chi connectivity index (χ0v) is 17.8. The number of nitrogens with zero attached hydrogens (tertiary/aromatic N) is 1. The zero-order chi connectivity index (χ0) is 20.1. The normalized spacial score (nSPS) is 10.7. The molecule has 2 aromatic heterocycles. The number of carbonyl (C=O) groups is 2. The van der Waals surface area contributed by atoms with Gasteiger partial charge >= 0.3 is 0 Å². The summed E-state index contributed by atoms with van der Waals surface area (Å²) < 4.78 is 0. The number of aryl methyl sites for hydroxylation is 3. The summed E-state index contributed by atoms with van der Waals surface area (Å²) in [5.74, 6) is -0.0761. The first-order valence-corrected chi connectivity index (χ1v) is 10.8. The molecule has 2 heterocycles. The number of aromatic nitrogens is 1. The first-order chi connectivity index (χ1) is 13.4. The van der Waals surface area contributed by atoms with E-state index in [9.17, 15) is 9.59 Å². The second-order valence-electron chi connectivity index (χ2n) is 6.69. The van der Waals surface area contributed by atoms with Crippen molar-refractivity contribution in [1.29, 1.82) is 0 Å². The summed E-state index contributed by atoms with van der Waals surface area (Å²) in [4.78, 5) is 29.9. The molecule has 0 atom stereocenters. The molecule has 0 aliphatic heterocycles. The molecule has 0 radical (unpaired) electrons. The van der Waals surface area contributed by atoms with E-state index in [0.29, 0.717) is 24.5 Å². The number of hydrogen-bond donors (Lipinski definition) is 2. The molecule has 5 nitrogen and oxygen atoms in total. The number of thiazole rings is 1. The Bertz CT molecular complexity index is 991. The van der Waals surface area contributed by atoms with Gasteiger partial charge in [0.05, 0.1) is 17.1 Å². The molecule has 2 N–H and O–H groups in total. The van der Waals surface area contributed by atoms with Gasteiger partial charge in [0.1, 0.15) is 0 Å². The summed E-state index contributed by atoms with van der Waals surface area (Å²) in [5.41, 5.74) is 4.49. The maximum absolute atomic E-state index is 12.3. The first kappa shape index (κ1) is 20.2. The molecule has 0 saturated heterocycles. The SMILES string of the molecule is CC(=O)NCc1ccc(-c2csc(NC(=O)CCc3ccc(C)cc3C)n2)s1. The number of hydrogen-bond acceptors (Lipinski definition) is 5. The van der Waals surface area contributed by atoms with E-state index >= 15 is 0 Å². The maximum atomic E-state index is 12.3. The van der Waals surface area contributed by atoms with Crippen molar-refractivity contribution in [2.45, 2.75) is 40.2 Å². The number of carbonyl (C=O) groups excluding carboxylic acids is 2. The summed E-state index contributed by atoms with van der Waals surface area (Å²) in [6.07, 6.45) is 1.15. The number of nitrogens with one attached hydrogen (secondary N) is 2. The van der Waals surface area contributed by atoms with Crippen molar-refractivity contribution < 1.29 is 9.59 Å². The highest BCUT2D eigenvalue weighted by Crippen LogP contribution is 2.30. The van der Waals surface area contributed by atoms with E-state index < -0.39 is 0 Å².